The van der Waals surface area contributed by atoms with Crippen LogP contribution in [0.1, 0.15) is 32.1 Å². The van der Waals surface area contributed by atoms with Crippen molar-refractivity contribution in [1.29, 1.82) is 0 Å². The lowest BCUT2D eigenvalue weighted by atomic mass is 10.1. The third kappa shape index (κ3) is 3.38. The summed E-state index contributed by atoms with van der Waals surface area (Å²) in [7, 11) is 0. The van der Waals surface area contributed by atoms with Crippen LogP contribution in [0.5, 0.6) is 0 Å². The lowest BCUT2D eigenvalue weighted by Crippen LogP contribution is -2.21. The van der Waals surface area contributed by atoms with Crippen LogP contribution in [0.4, 0.5) is 0 Å². The van der Waals surface area contributed by atoms with Crippen LogP contribution in [-0.2, 0) is 6.54 Å². The van der Waals surface area contributed by atoms with Gasteiger partial charge in [-0.2, -0.15) is 5.10 Å². The molecule has 0 fully saturated rings. The second-order valence-electron chi connectivity index (χ2n) is 6.78. The van der Waals surface area contributed by atoms with E-state index in [4.69, 9.17) is 0 Å². The molecule has 0 spiro atoms. The molecule has 0 aliphatic carbocycles. The Hall–Kier alpha value is -2.92. The summed E-state index contributed by atoms with van der Waals surface area (Å²) in [6, 6.07) is 18.3. The molecule has 2 aromatic heterocycles. The van der Waals surface area contributed by atoms with Gasteiger partial charge >= 0.3 is 0 Å². The maximum Gasteiger partial charge on any atom is 0.261 e. The Labute approximate surface area is 162 Å². The van der Waals surface area contributed by atoms with Gasteiger partial charge in [-0.15, -0.1) is 11.3 Å². The summed E-state index contributed by atoms with van der Waals surface area (Å²) in [5, 5.41) is 8.73. The molecule has 27 heavy (non-hydrogen) atoms. The predicted octanol–water partition coefficient (Wildman–Crippen LogP) is 4.94. The summed E-state index contributed by atoms with van der Waals surface area (Å²) < 4.78 is 1.95. The zero-order valence-electron chi connectivity index (χ0n) is 15.6. The first-order chi connectivity index (χ1) is 13.0. The molecule has 0 unspecified atom stereocenters. The van der Waals surface area contributed by atoms with Crippen molar-refractivity contribution in [2.75, 3.05) is 0 Å². The van der Waals surface area contributed by atoms with Gasteiger partial charge in [-0.3, -0.25) is 4.79 Å². The molecule has 5 heteroatoms. The van der Waals surface area contributed by atoms with Crippen LogP contribution in [0.3, 0.4) is 0 Å². The molecule has 4 aromatic rings. The van der Waals surface area contributed by atoms with Crippen molar-refractivity contribution in [3.05, 3.63) is 81.9 Å². The lowest BCUT2D eigenvalue weighted by Gasteiger charge is -2.06. The average Bonchev–Trinajstić information content (AvgIpc) is 3.22. The summed E-state index contributed by atoms with van der Waals surface area (Å²) >= 11 is 1.48. The van der Waals surface area contributed by atoms with Gasteiger partial charge in [0.2, 0.25) is 0 Å². The molecule has 0 radical (unpaired) electrons. The summed E-state index contributed by atoms with van der Waals surface area (Å²) in [6.07, 6.45) is 0. The second-order valence-corrected chi connectivity index (χ2v) is 7.81. The molecule has 0 saturated carbocycles. The molecule has 1 amide bonds. The fourth-order valence-corrected chi connectivity index (χ4v) is 4.19. The van der Waals surface area contributed by atoms with Crippen LogP contribution in [-0.4, -0.2) is 15.7 Å². The molecular formula is C22H21N3OS. The molecule has 2 heterocycles. The Morgan fingerprint density at radius 2 is 1.81 bits per heavy atom. The second kappa shape index (κ2) is 7.00. The first-order valence-corrected chi connectivity index (χ1v) is 9.73. The number of hydrogen-bond acceptors (Lipinski definition) is 3. The molecule has 0 saturated heterocycles. The number of para-hydroxylation sites is 1. The van der Waals surface area contributed by atoms with Crippen LogP contribution in [0.25, 0.3) is 15.9 Å². The highest BCUT2D eigenvalue weighted by Gasteiger charge is 2.17. The Morgan fingerprint density at radius 1 is 1.07 bits per heavy atom. The van der Waals surface area contributed by atoms with Crippen LogP contribution in [0.2, 0.25) is 0 Å². The highest BCUT2D eigenvalue weighted by molar-refractivity contribution is 7.20. The lowest BCUT2D eigenvalue weighted by molar-refractivity contribution is 0.0955. The minimum Gasteiger partial charge on any atom is -0.347 e. The van der Waals surface area contributed by atoms with E-state index in [0.29, 0.717) is 11.4 Å². The predicted molar refractivity (Wildman–Crippen MR) is 111 cm³/mol. The van der Waals surface area contributed by atoms with Crippen LogP contribution < -0.4 is 5.32 Å². The number of nitrogens with one attached hydrogen (secondary N) is 1. The normalized spacial score (nSPS) is 11.1. The number of benzene rings is 2. The number of carbonyl (C=O) groups is 1. The third-order valence-corrected chi connectivity index (χ3v) is 5.80. The molecule has 0 bridgehead atoms. The number of rotatable bonds is 4. The number of carbonyl (C=O) groups excluding carboxylic acids is 1. The van der Waals surface area contributed by atoms with Gasteiger partial charge < -0.3 is 5.32 Å². The van der Waals surface area contributed by atoms with Crippen LogP contribution >= 0.6 is 11.3 Å². The number of thiophene rings is 1. The largest absolute Gasteiger partial charge is 0.347 e. The average molecular weight is 375 g/mol. The molecule has 0 atom stereocenters. The first-order valence-electron chi connectivity index (χ1n) is 8.92. The van der Waals surface area contributed by atoms with E-state index in [9.17, 15) is 4.79 Å². The van der Waals surface area contributed by atoms with E-state index in [-0.39, 0.29) is 5.91 Å². The number of amides is 1. The third-order valence-electron chi connectivity index (χ3n) is 4.69. The fraction of sp³-hybridized carbons (Fsp3) is 0.182. The van der Waals surface area contributed by atoms with Crippen molar-refractivity contribution in [1.82, 2.24) is 15.1 Å². The van der Waals surface area contributed by atoms with Crippen molar-refractivity contribution < 1.29 is 4.79 Å². The number of aromatic nitrogens is 2. The summed E-state index contributed by atoms with van der Waals surface area (Å²) in [5.41, 5.74) is 5.44. The topological polar surface area (TPSA) is 46.9 Å². The minimum atomic E-state index is -0.0486. The number of fused-ring (bicyclic) bond motifs is 1. The Morgan fingerprint density at radius 3 is 2.56 bits per heavy atom. The van der Waals surface area contributed by atoms with Crippen LogP contribution in [0.15, 0.2) is 54.6 Å². The van der Waals surface area contributed by atoms with E-state index in [0.717, 1.165) is 32.7 Å². The molecule has 0 aliphatic heterocycles. The molecule has 136 valence electrons. The summed E-state index contributed by atoms with van der Waals surface area (Å²) in [4.78, 5) is 14.4. The van der Waals surface area contributed by atoms with Gasteiger partial charge in [0.25, 0.3) is 5.91 Å². The summed E-state index contributed by atoms with van der Waals surface area (Å²) in [6.45, 7) is 6.63. The maximum absolute atomic E-state index is 12.6. The molecule has 2 aromatic carbocycles. The van der Waals surface area contributed by atoms with Crippen molar-refractivity contribution in [2.45, 2.75) is 27.3 Å². The standard InChI is InChI=1S/C22H21N3OS/c1-14-8-10-17(11-9-14)13-23-21(26)20-12-18-16(3)24-25(22(18)27-20)19-7-5-4-6-15(19)2/h4-12H,13H2,1-3H3,(H,23,26). The van der Waals surface area contributed by atoms with Crippen molar-refractivity contribution in [2.24, 2.45) is 0 Å². The molecule has 4 nitrogen and oxygen atoms in total. The molecule has 1 N–H and O–H groups in total. The van der Waals surface area contributed by atoms with Gasteiger partial charge in [-0.25, -0.2) is 4.68 Å². The fourth-order valence-electron chi connectivity index (χ4n) is 3.10. The number of nitrogens with zero attached hydrogens (tertiary/aromatic N) is 2. The van der Waals surface area contributed by atoms with Gasteiger partial charge in [0, 0.05) is 11.9 Å². The zero-order valence-corrected chi connectivity index (χ0v) is 16.4. The Balaban J connectivity index is 1.61. The zero-order chi connectivity index (χ0) is 19.0. The highest BCUT2D eigenvalue weighted by atomic mass is 32.1. The van der Waals surface area contributed by atoms with E-state index in [1.54, 1.807) is 0 Å². The molecular weight excluding hydrogens is 354 g/mol. The van der Waals surface area contributed by atoms with E-state index in [2.05, 4.69) is 48.5 Å². The van der Waals surface area contributed by atoms with Crippen molar-refractivity contribution in [3.8, 4) is 5.69 Å². The van der Waals surface area contributed by atoms with Gasteiger partial charge in [0.05, 0.1) is 16.3 Å². The first kappa shape index (κ1) is 17.5. The molecule has 4 rings (SSSR count). The van der Waals surface area contributed by atoms with E-state index >= 15 is 0 Å². The minimum absolute atomic E-state index is 0.0486. The van der Waals surface area contributed by atoms with E-state index in [1.165, 1.54) is 16.9 Å². The summed E-state index contributed by atoms with van der Waals surface area (Å²) in [5.74, 6) is -0.0486. The smallest absolute Gasteiger partial charge is 0.261 e. The molecule has 0 aliphatic rings. The van der Waals surface area contributed by atoms with Gasteiger partial charge in [0.1, 0.15) is 4.83 Å². The van der Waals surface area contributed by atoms with Crippen molar-refractivity contribution >= 4 is 27.5 Å². The monoisotopic (exact) mass is 375 g/mol. The van der Waals surface area contributed by atoms with Gasteiger partial charge in [-0.05, 0) is 44.0 Å². The van der Waals surface area contributed by atoms with Crippen molar-refractivity contribution in [3.63, 3.8) is 0 Å². The van der Waals surface area contributed by atoms with Crippen LogP contribution in [0, 0.1) is 20.8 Å². The SMILES string of the molecule is Cc1ccc(CNC(=O)c2cc3c(C)nn(-c4ccccc4C)c3s2)cc1. The van der Waals surface area contributed by atoms with E-state index in [1.807, 2.05) is 41.9 Å². The Bertz CT molecular complexity index is 1120. The quantitative estimate of drug-likeness (QED) is 0.549. The maximum atomic E-state index is 12.6. The van der Waals surface area contributed by atoms with E-state index < -0.39 is 0 Å². The highest BCUT2D eigenvalue weighted by Crippen LogP contribution is 2.31. The number of aryl methyl sites for hydroxylation is 3. The van der Waals surface area contributed by atoms with Gasteiger partial charge in [-0.1, -0.05) is 48.0 Å². The van der Waals surface area contributed by atoms with Gasteiger partial charge in [0.15, 0.2) is 0 Å². The number of hydrogen-bond donors (Lipinski definition) is 1. The Kier molecular flexibility index (Phi) is 4.54.